The molecule has 1 aromatic rings. The Morgan fingerprint density at radius 3 is 2.47 bits per heavy atom. The van der Waals surface area contributed by atoms with Crippen molar-refractivity contribution in [3.8, 4) is 0 Å². The summed E-state index contributed by atoms with van der Waals surface area (Å²) in [4.78, 5) is 4.32. The van der Waals surface area contributed by atoms with Crippen molar-refractivity contribution in [2.45, 2.75) is 26.7 Å². The van der Waals surface area contributed by atoms with Crippen molar-refractivity contribution in [1.29, 1.82) is 0 Å². The summed E-state index contributed by atoms with van der Waals surface area (Å²) < 4.78 is 0. The molecular weight excluding hydrogens is 202 g/mol. The molecule has 0 saturated heterocycles. The summed E-state index contributed by atoms with van der Waals surface area (Å²) in [5, 5.41) is 1.12. The maximum atomic E-state index is 4.32. The molecule has 0 heterocycles. The molecule has 0 spiro atoms. The monoisotopic (exact) mass is 221 g/mol. The molecule has 0 N–H and O–H groups in total. The third-order valence-corrected chi connectivity index (χ3v) is 3.34. The quantitative estimate of drug-likeness (QED) is 0.545. The van der Waals surface area contributed by atoms with Crippen LogP contribution in [0.4, 0.5) is 0 Å². The van der Waals surface area contributed by atoms with Crippen LogP contribution in [0.3, 0.4) is 0 Å². The first-order chi connectivity index (χ1) is 7.10. The first-order valence-electron chi connectivity index (χ1n) is 5.21. The molecule has 15 heavy (non-hydrogen) atoms. The first kappa shape index (κ1) is 12.3. The highest BCUT2D eigenvalue weighted by molar-refractivity contribution is 8.13. The van der Waals surface area contributed by atoms with Gasteiger partial charge in [0, 0.05) is 12.6 Å². The molecule has 0 bridgehead atoms. The summed E-state index contributed by atoms with van der Waals surface area (Å²) >= 11 is 1.71. The molecule has 1 aromatic carbocycles. The van der Waals surface area contributed by atoms with E-state index in [1.165, 1.54) is 16.7 Å². The van der Waals surface area contributed by atoms with Crippen molar-refractivity contribution in [1.82, 2.24) is 0 Å². The number of aryl methyl sites for hydroxylation is 1. The summed E-state index contributed by atoms with van der Waals surface area (Å²) in [6.45, 7) is 6.58. The highest BCUT2D eigenvalue weighted by atomic mass is 32.2. The minimum Gasteiger partial charge on any atom is -0.281 e. The van der Waals surface area contributed by atoms with Gasteiger partial charge in [-0.15, -0.1) is 11.8 Å². The Hall–Kier alpha value is -0.760. The normalized spacial score (nSPS) is 12.3. The van der Waals surface area contributed by atoms with Crippen LogP contribution < -0.4 is 0 Å². The maximum absolute atomic E-state index is 4.32. The smallest absolute Gasteiger partial charge is 0.0973 e. The summed E-state index contributed by atoms with van der Waals surface area (Å²) in [7, 11) is 1.85. The largest absolute Gasteiger partial charge is 0.281 e. The Kier molecular flexibility index (Phi) is 4.40. The molecule has 1 rings (SSSR count). The van der Waals surface area contributed by atoms with Crippen molar-refractivity contribution in [2.75, 3.05) is 13.3 Å². The highest BCUT2D eigenvalue weighted by Crippen LogP contribution is 2.21. The maximum Gasteiger partial charge on any atom is 0.0973 e. The molecule has 0 aromatic heterocycles. The Balaban J connectivity index is 3.21. The number of hydrogen-bond acceptors (Lipinski definition) is 2. The number of benzene rings is 1. The van der Waals surface area contributed by atoms with Gasteiger partial charge in [0.1, 0.15) is 0 Å². The molecule has 2 heteroatoms. The fourth-order valence-electron chi connectivity index (χ4n) is 1.55. The second kappa shape index (κ2) is 5.36. The van der Waals surface area contributed by atoms with E-state index in [4.69, 9.17) is 0 Å². The third kappa shape index (κ3) is 2.85. The lowest BCUT2D eigenvalue weighted by atomic mass is 9.98. The van der Waals surface area contributed by atoms with Gasteiger partial charge in [-0.05, 0) is 36.3 Å². The van der Waals surface area contributed by atoms with Gasteiger partial charge in [0.25, 0.3) is 0 Å². The van der Waals surface area contributed by atoms with Crippen LogP contribution in [0.1, 0.15) is 36.5 Å². The zero-order valence-electron chi connectivity index (χ0n) is 10.2. The Morgan fingerprint density at radius 2 is 2.00 bits per heavy atom. The average molecular weight is 221 g/mol. The van der Waals surface area contributed by atoms with E-state index in [-0.39, 0.29) is 0 Å². The van der Waals surface area contributed by atoms with Crippen molar-refractivity contribution < 1.29 is 0 Å². The van der Waals surface area contributed by atoms with Gasteiger partial charge in [0.15, 0.2) is 0 Å². The van der Waals surface area contributed by atoms with Crippen LogP contribution >= 0.6 is 11.8 Å². The summed E-state index contributed by atoms with van der Waals surface area (Å²) in [5.41, 5.74) is 3.95. The lowest BCUT2D eigenvalue weighted by molar-refractivity contribution is 0.865. The van der Waals surface area contributed by atoms with Gasteiger partial charge in [-0.1, -0.05) is 26.0 Å². The van der Waals surface area contributed by atoms with Crippen LogP contribution in [-0.2, 0) is 0 Å². The van der Waals surface area contributed by atoms with E-state index < -0.39 is 0 Å². The highest BCUT2D eigenvalue weighted by Gasteiger charge is 2.07. The lowest BCUT2D eigenvalue weighted by Crippen LogP contribution is -2.00. The minimum absolute atomic E-state index is 0.573. The number of nitrogens with zero attached hydrogens (tertiary/aromatic N) is 1. The van der Waals surface area contributed by atoms with E-state index in [1.54, 1.807) is 11.8 Å². The lowest BCUT2D eigenvalue weighted by Gasteiger charge is -2.11. The number of aliphatic imine (C=N–C) groups is 1. The van der Waals surface area contributed by atoms with Crippen LogP contribution in [0.5, 0.6) is 0 Å². The van der Waals surface area contributed by atoms with E-state index in [2.05, 4.69) is 50.2 Å². The summed E-state index contributed by atoms with van der Waals surface area (Å²) in [5.74, 6) is 0.573. The van der Waals surface area contributed by atoms with E-state index in [9.17, 15) is 0 Å². The van der Waals surface area contributed by atoms with E-state index in [0.29, 0.717) is 5.92 Å². The standard InChI is InChI=1S/C13H19NS/c1-9(2)11-7-6-10(3)12(8-11)13(14-4)15-5/h6-9H,1-5H3. The van der Waals surface area contributed by atoms with Crippen LogP contribution in [0, 0.1) is 6.92 Å². The Bertz CT molecular complexity index is 367. The second-order valence-electron chi connectivity index (χ2n) is 3.96. The molecular formula is C13H19NS. The van der Waals surface area contributed by atoms with E-state index >= 15 is 0 Å². The minimum atomic E-state index is 0.573. The number of rotatable bonds is 2. The van der Waals surface area contributed by atoms with Crippen LogP contribution in [-0.4, -0.2) is 18.3 Å². The third-order valence-electron chi connectivity index (χ3n) is 2.56. The van der Waals surface area contributed by atoms with Gasteiger partial charge in [-0.25, -0.2) is 0 Å². The molecule has 0 aliphatic carbocycles. The first-order valence-corrected chi connectivity index (χ1v) is 6.44. The van der Waals surface area contributed by atoms with Gasteiger partial charge in [-0.2, -0.15) is 0 Å². The average Bonchev–Trinajstić information content (AvgIpc) is 2.22. The molecule has 0 unspecified atom stereocenters. The predicted octanol–water partition coefficient (Wildman–Crippen LogP) is 3.86. The number of thioether (sulfide) groups is 1. The van der Waals surface area contributed by atoms with E-state index in [0.717, 1.165) is 5.04 Å². The fourth-order valence-corrected chi connectivity index (χ4v) is 2.17. The Morgan fingerprint density at radius 1 is 1.33 bits per heavy atom. The van der Waals surface area contributed by atoms with Gasteiger partial charge in [0.05, 0.1) is 5.04 Å². The van der Waals surface area contributed by atoms with Crippen molar-refractivity contribution in [3.63, 3.8) is 0 Å². The van der Waals surface area contributed by atoms with Crippen LogP contribution in [0.25, 0.3) is 0 Å². The van der Waals surface area contributed by atoms with Gasteiger partial charge < -0.3 is 0 Å². The van der Waals surface area contributed by atoms with E-state index in [1.807, 2.05) is 7.05 Å². The predicted molar refractivity (Wildman–Crippen MR) is 71.2 cm³/mol. The van der Waals surface area contributed by atoms with Crippen molar-refractivity contribution in [3.05, 3.63) is 34.9 Å². The van der Waals surface area contributed by atoms with Gasteiger partial charge in [0.2, 0.25) is 0 Å². The van der Waals surface area contributed by atoms with Crippen molar-refractivity contribution in [2.24, 2.45) is 4.99 Å². The van der Waals surface area contributed by atoms with Gasteiger partial charge in [-0.3, -0.25) is 4.99 Å². The zero-order chi connectivity index (χ0) is 11.4. The second-order valence-corrected chi connectivity index (χ2v) is 4.76. The summed E-state index contributed by atoms with van der Waals surface area (Å²) in [6, 6.07) is 6.65. The van der Waals surface area contributed by atoms with Crippen LogP contribution in [0.15, 0.2) is 23.2 Å². The van der Waals surface area contributed by atoms with Crippen molar-refractivity contribution >= 4 is 16.8 Å². The molecule has 0 atom stereocenters. The SMILES string of the molecule is CN=C(SC)c1cc(C(C)C)ccc1C. The molecule has 0 saturated carbocycles. The molecule has 0 amide bonds. The number of hydrogen-bond donors (Lipinski definition) is 0. The molecule has 1 nitrogen and oxygen atoms in total. The van der Waals surface area contributed by atoms with Gasteiger partial charge >= 0.3 is 0 Å². The molecule has 0 aliphatic heterocycles. The summed E-state index contributed by atoms with van der Waals surface area (Å²) in [6.07, 6.45) is 2.07. The molecule has 0 aliphatic rings. The molecule has 0 radical (unpaired) electrons. The van der Waals surface area contributed by atoms with Crippen LogP contribution in [0.2, 0.25) is 0 Å². The fraction of sp³-hybridized carbons (Fsp3) is 0.462. The zero-order valence-corrected chi connectivity index (χ0v) is 11.0. The topological polar surface area (TPSA) is 12.4 Å². The molecule has 0 fully saturated rings. The molecule has 82 valence electrons. The Labute approximate surface area is 97.0 Å².